The van der Waals surface area contributed by atoms with Gasteiger partial charge in [0, 0.05) is 31.0 Å². The van der Waals surface area contributed by atoms with Crippen LogP contribution in [0.3, 0.4) is 0 Å². The van der Waals surface area contributed by atoms with Crippen molar-refractivity contribution in [2.24, 2.45) is 0 Å². The van der Waals surface area contributed by atoms with E-state index in [0.717, 1.165) is 23.4 Å². The number of hydrogen-bond acceptors (Lipinski definition) is 3. The Labute approximate surface area is 141 Å². The van der Waals surface area contributed by atoms with Gasteiger partial charge in [-0.3, -0.25) is 9.88 Å². The second-order valence-corrected chi connectivity index (χ2v) is 5.40. The van der Waals surface area contributed by atoms with Gasteiger partial charge in [0.2, 0.25) is 0 Å². The Kier molecular flexibility index (Phi) is 4.87. The zero-order valence-electron chi connectivity index (χ0n) is 13.4. The van der Waals surface area contributed by atoms with Crippen LogP contribution in [0.15, 0.2) is 79.0 Å². The number of aromatic nitrogens is 1. The summed E-state index contributed by atoms with van der Waals surface area (Å²) in [7, 11) is 1.69. The molecule has 0 N–H and O–H groups in total. The van der Waals surface area contributed by atoms with Crippen LogP contribution in [-0.2, 0) is 6.42 Å². The Balaban J connectivity index is 1.62. The Bertz CT molecular complexity index is 787. The van der Waals surface area contributed by atoms with Gasteiger partial charge in [-0.1, -0.05) is 36.4 Å². The maximum Gasteiger partial charge on any atom is 0.419 e. The number of para-hydroxylation sites is 1. The van der Waals surface area contributed by atoms with Gasteiger partial charge in [0.05, 0.1) is 0 Å². The van der Waals surface area contributed by atoms with Crippen molar-refractivity contribution in [1.82, 2.24) is 4.98 Å². The van der Waals surface area contributed by atoms with E-state index >= 15 is 0 Å². The lowest BCUT2D eigenvalue weighted by molar-refractivity contribution is 0.209. The van der Waals surface area contributed by atoms with Gasteiger partial charge in [-0.05, 0) is 42.0 Å². The molecule has 1 aromatic heterocycles. The highest BCUT2D eigenvalue weighted by atomic mass is 16.6. The summed E-state index contributed by atoms with van der Waals surface area (Å²) in [4.78, 5) is 18.0. The van der Waals surface area contributed by atoms with E-state index in [9.17, 15) is 4.79 Å². The normalized spacial score (nSPS) is 10.2. The van der Waals surface area contributed by atoms with E-state index in [1.807, 2.05) is 60.7 Å². The second kappa shape index (κ2) is 7.42. The zero-order chi connectivity index (χ0) is 16.8. The molecule has 4 nitrogen and oxygen atoms in total. The largest absolute Gasteiger partial charge is 0.419 e. The van der Waals surface area contributed by atoms with E-state index in [-0.39, 0.29) is 0 Å². The molecule has 24 heavy (non-hydrogen) atoms. The maximum atomic E-state index is 12.2. The first-order chi connectivity index (χ1) is 11.7. The Hall–Kier alpha value is -3.14. The van der Waals surface area contributed by atoms with E-state index in [1.54, 1.807) is 25.4 Å². The second-order valence-electron chi connectivity index (χ2n) is 5.40. The molecule has 0 unspecified atom stereocenters. The van der Waals surface area contributed by atoms with Crippen LogP contribution in [0.2, 0.25) is 0 Å². The third-order valence-electron chi connectivity index (χ3n) is 3.66. The van der Waals surface area contributed by atoms with Crippen molar-refractivity contribution in [1.29, 1.82) is 0 Å². The third-order valence-corrected chi connectivity index (χ3v) is 3.66. The van der Waals surface area contributed by atoms with Gasteiger partial charge >= 0.3 is 6.09 Å². The number of hydrogen-bond donors (Lipinski definition) is 0. The summed E-state index contributed by atoms with van der Waals surface area (Å²) in [6.45, 7) is 0. The van der Waals surface area contributed by atoms with Gasteiger partial charge in [0.15, 0.2) is 0 Å². The van der Waals surface area contributed by atoms with Gasteiger partial charge in [-0.2, -0.15) is 0 Å². The van der Waals surface area contributed by atoms with Gasteiger partial charge < -0.3 is 4.74 Å². The van der Waals surface area contributed by atoms with Crippen molar-refractivity contribution in [3.8, 4) is 5.75 Å². The molecule has 1 amide bonds. The van der Waals surface area contributed by atoms with Crippen molar-refractivity contribution in [3.63, 3.8) is 0 Å². The van der Waals surface area contributed by atoms with Crippen LogP contribution < -0.4 is 9.64 Å². The quantitative estimate of drug-likeness (QED) is 0.720. The SMILES string of the molecule is CN(C(=O)Oc1ccc(Cc2ccccn2)cc1)c1ccccc1. The molecule has 2 aromatic carbocycles. The van der Waals surface area contributed by atoms with Crippen molar-refractivity contribution in [2.45, 2.75) is 6.42 Å². The minimum Gasteiger partial charge on any atom is -0.410 e. The number of carbonyl (C=O) groups excluding carboxylic acids is 1. The van der Waals surface area contributed by atoms with E-state index in [4.69, 9.17) is 4.74 Å². The summed E-state index contributed by atoms with van der Waals surface area (Å²) in [5.41, 5.74) is 2.91. The third kappa shape index (κ3) is 3.98. The Morgan fingerprint density at radius 1 is 0.958 bits per heavy atom. The molecule has 0 atom stereocenters. The average molecular weight is 318 g/mol. The molecule has 3 aromatic rings. The Morgan fingerprint density at radius 2 is 1.67 bits per heavy atom. The fourth-order valence-corrected chi connectivity index (χ4v) is 2.31. The van der Waals surface area contributed by atoms with Gasteiger partial charge in [-0.15, -0.1) is 0 Å². The van der Waals surface area contributed by atoms with Crippen LogP contribution in [0.5, 0.6) is 5.75 Å². The number of ether oxygens (including phenoxy) is 1. The number of amides is 1. The molecule has 0 radical (unpaired) electrons. The lowest BCUT2D eigenvalue weighted by Crippen LogP contribution is -2.29. The lowest BCUT2D eigenvalue weighted by Gasteiger charge is -2.16. The molecule has 3 rings (SSSR count). The van der Waals surface area contributed by atoms with Crippen LogP contribution in [0.1, 0.15) is 11.3 Å². The number of carbonyl (C=O) groups is 1. The summed E-state index contributed by atoms with van der Waals surface area (Å²) in [6, 6.07) is 22.7. The van der Waals surface area contributed by atoms with Crippen molar-refractivity contribution < 1.29 is 9.53 Å². The van der Waals surface area contributed by atoms with E-state index < -0.39 is 6.09 Å². The number of benzene rings is 2. The van der Waals surface area contributed by atoms with Crippen LogP contribution >= 0.6 is 0 Å². The summed E-state index contributed by atoms with van der Waals surface area (Å²) in [5.74, 6) is 0.521. The zero-order valence-corrected chi connectivity index (χ0v) is 13.4. The number of rotatable bonds is 4. The van der Waals surface area contributed by atoms with Gasteiger partial charge in [-0.25, -0.2) is 4.79 Å². The molecule has 120 valence electrons. The summed E-state index contributed by atoms with van der Waals surface area (Å²) in [6.07, 6.45) is 2.11. The molecule has 0 bridgehead atoms. The van der Waals surface area contributed by atoms with Gasteiger partial charge in [0.25, 0.3) is 0 Å². The van der Waals surface area contributed by atoms with E-state index in [0.29, 0.717) is 5.75 Å². The standard InChI is InChI=1S/C20H18N2O2/c1-22(18-8-3-2-4-9-18)20(23)24-19-12-10-16(11-13-19)15-17-7-5-6-14-21-17/h2-14H,15H2,1H3. The molecule has 4 heteroatoms. The van der Waals surface area contributed by atoms with E-state index in [2.05, 4.69) is 4.98 Å². The molecule has 0 saturated heterocycles. The number of pyridine rings is 1. The molecule has 1 heterocycles. The number of anilines is 1. The molecular formula is C20H18N2O2. The molecule has 0 saturated carbocycles. The number of nitrogens with zero attached hydrogens (tertiary/aromatic N) is 2. The van der Waals surface area contributed by atoms with E-state index in [1.165, 1.54) is 4.90 Å². The predicted octanol–water partition coefficient (Wildman–Crippen LogP) is 4.31. The van der Waals surface area contributed by atoms with Crippen molar-refractivity contribution in [3.05, 3.63) is 90.3 Å². The Morgan fingerprint density at radius 3 is 2.33 bits per heavy atom. The highest BCUT2D eigenvalue weighted by Gasteiger charge is 2.12. The minimum atomic E-state index is -0.418. The highest BCUT2D eigenvalue weighted by Crippen LogP contribution is 2.17. The molecule has 0 aliphatic heterocycles. The summed E-state index contributed by atoms with van der Waals surface area (Å²) in [5, 5.41) is 0. The highest BCUT2D eigenvalue weighted by molar-refractivity contribution is 5.88. The fourth-order valence-electron chi connectivity index (χ4n) is 2.31. The molecular weight excluding hydrogens is 300 g/mol. The van der Waals surface area contributed by atoms with Crippen molar-refractivity contribution in [2.75, 3.05) is 11.9 Å². The lowest BCUT2D eigenvalue weighted by atomic mass is 10.1. The first kappa shape index (κ1) is 15.7. The molecule has 0 aliphatic carbocycles. The van der Waals surface area contributed by atoms with Crippen LogP contribution in [0.4, 0.5) is 10.5 Å². The monoisotopic (exact) mass is 318 g/mol. The topological polar surface area (TPSA) is 42.4 Å². The van der Waals surface area contributed by atoms with Crippen LogP contribution in [0.25, 0.3) is 0 Å². The summed E-state index contributed by atoms with van der Waals surface area (Å²) >= 11 is 0. The minimum absolute atomic E-state index is 0.418. The first-order valence-electron chi connectivity index (χ1n) is 7.72. The van der Waals surface area contributed by atoms with Gasteiger partial charge in [0.1, 0.15) is 5.75 Å². The molecule has 0 fully saturated rings. The molecule has 0 aliphatic rings. The van der Waals surface area contributed by atoms with Crippen molar-refractivity contribution >= 4 is 11.8 Å². The first-order valence-corrected chi connectivity index (χ1v) is 7.72. The summed E-state index contributed by atoms with van der Waals surface area (Å²) < 4.78 is 5.41. The van der Waals surface area contributed by atoms with Crippen LogP contribution in [-0.4, -0.2) is 18.1 Å². The maximum absolute atomic E-state index is 12.2. The molecule has 0 spiro atoms. The van der Waals surface area contributed by atoms with Crippen LogP contribution in [0, 0.1) is 0 Å². The predicted molar refractivity (Wildman–Crippen MR) is 94.4 cm³/mol. The average Bonchev–Trinajstić information content (AvgIpc) is 2.64. The fraction of sp³-hybridized carbons (Fsp3) is 0.100. The smallest absolute Gasteiger partial charge is 0.410 e.